The number of amides is 2. The van der Waals surface area contributed by atoms with Gasteiger partial charge in [0.15, 0.2) is 0 Å². The average molecular weight is 255 g/mol. The Morgan fingerprint density at radius 3 is 2.71 bits per heavy atom. The summed E-state index contributed by atoms with van der Waals surface area (Å²) in [7, 11) is 0. The van der Waals surface area contributed by atoms with E-state index in [4.69, 9.17) is 10.5 Å². The maximum absolute atomic E-state index is 11.9. The molecule has 1 saturated heterocycles. The molecule has 0 bridgehead atoms. The van der Waals surface area contributed by atoms with Gasteiger partial charge in [-0.1, -0.05) is 0 Å². The molecule has 3 N–H and O–H groups in total. The van der Waals surface area contributed by atoms with E-state index < -0.39 is 18.8 Å². The smallest absolute Gasteiger partial charge is 0.370 e. The van der Waals surface area contributed by atoms with Crippen LogP contribution in [-0.2, 0) is 4.74 Å². The lowest BCUT2D eigenvalue weighted by molar-refractivity contribution is -0.123. The second-order valence-electron chi connectivity index (χ2n) is 3.98. The summed E-state index contributed by atoms with van der Waals surface area (Å²) < 4.78 is 41.2. The minimum atomic E-state index is -4.40. The van der Waals surface area contributed by atoms with Crippen molar-refractivity contribution in [2.24, 2.45) is 5.73 Å². The number of urea groups is 1. The summed E-state index contributed by atoms with van der Waals surface area (Å²) in [5.74, 6) is 0. The summed E-state index contributed by atoms with van der Waals surface area (Å²) >= 11 is 0. The van der Waals surface area contributed by atoms with Crippen molar-refractivity contribution in [2.75, 3.05) is 26.2 Å². The SMILES string of the molecule is CC1CN(C(=O)NCC(F)(F)F)CC(CN)O1. The number of rotatable bonds is 2. The number of hydrogen-bond donors (Lipinski definition) is 2. The van der Waals surface area contributed by atoms with Gasteiger partial charge in [0.05, 0.1) is 12.2 Å². The second-order valence-corrected chi connectivity index (χ2v) is 3.98. The number of alkyl halides is 3. The lowest BCUT2D eigenvalue weighted by atomic mass is 10.2. The first-order valence-corrected chi connectivity index (χ1v) is 5.27. The number of nitrogens with zero attached hydrogens (tertiary/aromatic N) is 1. The van der Waals surface area contributed by atoms with Crippen molar-refractivity contribution in [3.63, 3.8) is 0 Å². The van der Waals surface area contributed by atoms with Gasteiger partial charge in [-0.15, -0.1) is 0 Å². The predicted octanol–water partition coefficient (Wildman–Crippen LogP) is 0.306. The van der Waals surface area contributed by atoms with Crippen molar-refractivity contribution in [3.05, 3.63) is 0 Å². The third-order valence-corrected chi connectivity index (χ3v) is 2.32. The number of carbonyl (C=O) groups is 1. The molecule has 1 aliphatic heterocycles. The Morgan fingerprint density at radius 1 is 1.53 bits per heavy atom. The number of nitrogens with two attached hydrogens (primary N) is 1. The third-order valence-electron chi connectivity index (χ3n) is 2.32. The summed E-state index contributed by atoms with van der Waals surface area (Å²) in [4.78, 5) is 12.8. The summed E-state index contributed by atoms with van der Waals surface area (Å²) in [6.45, 7) is 1.12. The van der Waals surface area contributed by atoms with Gasteiger partial charge in [-0.25, -0.2) is 4.79 Å². The fourth-order valence-corrected chi connectivity index (χ4v) is 1.63. The van der Waals surface area contributed by atoms with E-state index in [0.717, 1.165) is 0 Å². The Labute approximate surface area is 97.1 Å². The van der Waals surface area contributed by atoms with Crippen LogP contribution in [0.15, 0.2) is 0 Å². The van der Waals surface area contributed by atoms with Crippen LogP contribution in [0.4, 0.5) is 18.0 Å². The van der Waals surface area contributed by atoms with Crippen molar-refractivity contribution < 1.29 is 22.7 Å². The Bertz CT molecular complexity index is 273. The van der Waals surface area contributed by atoms with Crippen LogP contribution in [0.25, 0.3) is 0 Å². The molecular weight excluding hydrogens is 239 g/mol. The van der Waals surface area contributed by atoms with Gasteiger partial charge >= 0.3 is 12.2 Å². The molecule has 5 nitrogen and oxygen atoms in total. The molecule has 1 heterocycles. The number of ether oxygens (including phenoxy) is 1. The molecule has 0 spiro atoms. The van der Waals surface area contributed by atoms with Gasteiger partial charge in [0.25, 0.3) is 0 Å². The highest BCUT2D eigenvalue weighted by Gasteiger charge is 2.31. The predicted molar refractivity (Wildman–Crippen MR) is 54.4 cm³/mol. The van der Waals surface area contributed by atoms with E-state index in [-0.39, 0.29) is 31.8 Å². The molecule has 0 radical (unpaired) electrons. The summed E-state index contributed by atoms with van der Waals surface area (Å²) in [5, 5.41) is 1.82. The van der Waals surface area contributed by atoms with E-state index in [2.05, 4.69) is 0 Å². The monoisotopic (exact) mass is 255 g/mol. The topological polar surface area (TPSA) is 67.6 Å². The molecule has 0 aromatic rings. The van der Waals surface area contributed by atoms with Crippen LogP contribution in [-0.4, -0.2) is 55.5 Å². The first kappa shape index (κ1) is 14.0. The van der Waals surface area contributed by atoms with Crippen LogP contribution in [0.3, 0.4) is 0 Å². The lowest BCUT2D eigenvalue weighted by Crippen LogP contribution is -2.55. The molecule has 0 saturated carbocycles. The summed E-state index contributed by atoms with van der Waals surface area (Å²) in [5.41, 5.74) is 5.41. The van der Waals surface area contributed by atoms with Gasteiger partial charge < -0.3 is 20.7 Å². The van der Waals surface area contributed by atoms with Crippen molar-refractivity contribution in [1.82, 2.24) is 10.2 Å². The van der Waals surface area contributed by atoms with E-state index >= 15 is 0 Å². The molecule has 1 aliphatic rings. The Balaban J connectivity index is 2.45. The van der Waals surface area contributed by atoms with Crippen molar-refractivity contribution in [2.45, 2.75) is 25.3 Å². The van der Waals surface area contributed by atoms with Gasteiger partial charge in [0.1, 0.15) is 6.54 Å². The van der Waals surface area contributed by atoms with E-state index in [9.17, 15) is 18.0 Å². The highest BCUT2D eigenvalue weighted by molar-refractivity contribution is 5.74. The largest absolute Gasteiger partial charge is 0.405 e. The van der Waals surface area contributed by atoms with Gasteiger partial charge in [0, 0.05) is 19.6 Å². The summed E-state index contributed by atoms with van der Waals surface area (Å²) in [6, 6.07) is -0.740. The Hall–Kier alpha value is -1.02. The first-order valence-electron chi connectivity index (χ1n) is 5.27. The zero-order valence-electron chi connectivity index (χ0n) is 9.46. The maximum Gasteiger partial charge on any atom is 0.405 e. The molecule has 0 aromatic carbocycles. The van der Waals surface area contributed by atoms with E-state index in [1.165, 1.54) is 4.90 Å². The fourth-order valence-electron chi connectivity index (χ4n) is 1.63. The zero-order valence-corrected chi connectivity index (χ0v) is 9.46. The van der Waals surface area contributed by atoms with Crippen LogP contribution in [0.5, 0.6) is 0 Å². The fraction of sp³-hybridized carbons (Fsp3) is 0.889. The molecule has 100 valence electrons. The highest BCUT2D eigenvalue weighted by atomic mass is 19.4. The number of nitrogens with one attached hydrogen (secondary N) is 1. The standard InChI is InChI=1S/C9H16F3N3O2/c1-6-3-15(4-7(2-13)17-6)8(16)14-5-9(10,11)12/h6-7H,2-5,13H2,1H3,(H,14,16). The van der Waals surface area contributed by atoms with E-state index in [1.54, 1.807) is 6.92 Å². The molecule has 2 amide bonds. The third kappa shape index (κ3) is 4.78. The van der Waals surface area contributed by atoms with Gasteiger partial charge in [-0.2, -0.15) is 13.2 Å². The number of halogens is 3. The zero-order chi connectivity index (χ0) is 13.1. The lowest BCUT2D eigenvalue weighted by Gasteiger charge is -2.36. The molecule has 1 rings (SSSR count). The molecule has 2 unspecified atom stereocenters. The number of hydrogen-bond acceptors (Lipinski definition) is 3. The number of carbonyl (C=O) groups excluding carboxylic acids is 1. The summed E-state index contributed by atoms with van der Waals surface area (Å²) in [6.07, 6.45) is -4.95. The maximum atomic E-state index is 11.9. The van der Waals surface area contributed by atoms with Gasteiger partial charge in [-0.3, -0.25) is 0 Å². The van der Waals surface area contributed by atoms with Crippen LogP contribution in [0.2, 0.25) is 0 Å². The molecule has 17 heavy (non-hydrogen) atoms. The highest BCUT2D eigenvalue weighted by Crippen LogP contribution is 2.14. The molecule has 0 aromatic heterocycles. The van der Waals surface area contributed by atoms with Gasteiger partial charge in [-0.05, 0) is 6.92 Å². The molecule has 8 heteroatoms. The second kappa shape index (κ2) is 5.54. The van der Waals surface area contributed by atoms with Crippen molar-refractivity contribution >= 4 is 6.03 Å². The number of morpholine rings is 1. The van der Waals surface area contributed by atoms with Crippen LogP contribution in [0, 0.1) is 0 Å². The van der Waals surface area contributed by atoms with Crippen molar-refractivity contribution in [3.8, 4) is 0 Å². The normalized spacial score (nSPS) is 25.8. The average Bonchev–Trinajstić information content (AvgIpc) is 2.23. The van der Waals surface area contributed by atoms with E-state index in [0.29, 0.717) is 0 Å². The molecular formula is C9H16F3N3O2. The van der Waals surface area contributed by atoms with Crippen LogP contribution < -0.4 is 11.1 Å². The van der Waals surface area contributed by atoms with Gasteiger partial charge in [0.2, 0.25) is 0 Å². The van der Waals surface area contributed by atoms with E-state index in [1.807, 2.05) is 5.32 Å². The molecule has 1 fully saturated rings. The molecule has 0 aliphatic carbocycles. The minimum Gasteiger partial charge on any atom is -0.370 e. The minimum absolute atomic E-state index is 0.213. The van der Waals surface area contributed by atoms with Crippen molar-refractivity contribution in [1.29, 1.82) is 0 Å². The van der Waals surface area contributed by atoms with Crippen LogP contribution in [0.1, 0.15) is 6.92 Å². The first-order chi connectivity index (χ1) is 7.81. The Morgan fingerprint density at radius 2 is 2.18 bits per heavy atom. The van der Waals surface area contributed by atoms with Crippen LogP contribution >= 0.6 is 0 Å². The Kier molecular flexibility index (Phi) is 4.58. The quantitative estimate of drug-likeness (QED) is 0.746. The molecule has 2 atom stereocenters.